The fraction of sp³-hybridized carbons (Fsp3) is 0.769. The van der Waals surface area contributed by atoms with Crippen molar-refractivity contribution in [3.63, 3.8) is 0 Å². The summed E-state index contributed by atoms with van der Waals surface area (Å²) in [5.74, 6) is 1.89. The zero-order valence-corrected chi connectivity index (χ0v) is 10.5. The molecule has 2 heteroatoms. The fourth-order valence-corrected chi connectivity index (χ4v) is 1.50. The first kappa shape index (κ1) is 12.3. The quantitative estimate of drug-likeness (QED) is 0.682. The Labute approximate surface area is 93.1 Å². The summed E-state index contributed by atoms with van der Waals surface area (Å²) >= 11 is 0. The molecule has 0 fully saturated rings. The second kappa shape index (κ2) is 5.34. The maximum Gasteiger partial charge on any atom is 0.199 e. The number of rotatable bonds is 5. The Morgan fingerprint density at radius 1 is 1.20 bits per heavy atom. The van der Waals surface area contributed by atoms with Gasteiger partial charge in [-0.1, -0.05) is 47.0 Å². The Morgan fingerprint density at radius 3 is 2.47 bits per heavy atom. The van der Waals surface area contributed by atoms with Crippen LogP contribution in [0.15, 0.2) is 10.6 Å². The highest BCUT2D eigenvalue weighted by molar-refractivity contribution is 5.02. The van der Waals surface area contributed by atoms with Crippen LogP contribution in [0.2, 0.25) is 0 Å². The van der Waals surface area contributed by atoms with Gasteiger partial charge in [0.25, 0.3) is 0 Å². The number of aromatic nitrogens is 1. The van der Waals surface area contributed by atoms with Crippen molar-refractivity contribution < 1.29 is 4.42 Å². The van der Waals surface area contributed by atoms with Crippen molar-refractivity contribution in [2.45, 2.75) is 65.2 Å². The van der Waals surface area contributed by atoms with Crippen molar-refractivity contribution in [3.05, 3.63) is 17.8 Å². The zero-order valence-electron chi connectivity index (χ0n) is 10.5. The molecule has 0 radical (unpaired) electrons. The Bertz CT molecular complexity index is 283. The van der Waals surface area contributed by atoms with Gasteiger partial charge in [-0.05, 0) is 6.42 Å². The van der Waals surface area contributed by atoms with Crippen LogP contribution < -0.4 is 0 Å². The lowest BCUT2D eigenvalue weighted by molar-refractivity contribution is 0.369. The summed E-state index contributed by atoms with van der Waals surface area (Å²) in [4.78, 5) is 4.32. The van der Waals surface area contributed by atoms with Gasteiger partial charge in [0.1, 0.15) is 5.76 Å². The second-order valence-corrected chi connectivity index (χ2v) is 5.19. The first-order valence-electron chi connectivity index (χ1n) is 5.99. The summed E-state index contributed by atoms with van der Waals surface area (Å²) in [7, 11) is 0. The third-order valence-electron chi connectivity index (χ3n) is 2.47. The largest absolute Gasteiger partial charge is 0.445 e. The van der Waals surface area contributed by atoms with E-state index in [1.54, 1.807) is 0 Å². The highest BCUT2D eigenvalue weighted by Crippen LogP contribution is 2.22. The van der Waals surface area contributed by atoms with Crippen molar-refractivity contribution in [3.8, 4) is 0 Å². The summed E-state index contributed by atoms with van der Waals surface area (Å²) < 4.78 is 5.72. The SMILES string of the molecule is CCCCCCc1cnc(C(C)(C)C)o1. The normalized spacial score (nSPS) is 12.0. The Hall–Kier alpha value is -0.790. The van der Waals surface area contributed by atoms with Crippen molar-refractivity contribution in [2.75, 3.05) is 0 Å². The average molecular weight is 209 g/mol. The third kappa shape index (κ3) is 4.06. The molecule has 1 aromatic rings. The monoisotopic (exact) mass is 209 g/mol. The van der Waals surface area contributed by atoms with Crippen LogP contribution in [0.3, 0.4) is 0 Å². The summed E-state index contributed by atoms with van der Waals surface area (Å²) in [6.45, 7) is 8.60. The Balaban J connectivity index is 2.40. The number of nitrogens with zero attached hydrogens (tertiary/aromatic N) is 1. The molecule has 0 spiro atoms. The lowest BCUT2D eigenvalue weighted by atomic mass is 9.97. The van der Waals surface area contributed by atoms with Gasteiger partial charge in [0, 0.05) is 11.8 Å². The molecule has 15 heavy (non-hydrogen) atoms. The third-order valence-corrected chi connectivity index (χ3v) is 2.47. The minimum absolute atomic E-state index is 0.0294. The molecule has 0 unspecified atom stereocenters. The molecule has 0 aromatic carbocycles. The van der Waals surface area contributed by atoms with Crippen LogP contribution in [0.5, 0.6) is 0 Å². The summed E-state index contributed by atoms with van der Waals surface area (Å²) in [5, 5.41) is 0. The van der Waals surface area contributed by atoms with Gasteiger partial charge in [0.15, 0.2) is 5.89 Å². The van der Waals surface area contributed by atoms with E-state index in [0.29, 0.717) is 0 Å². The van der Waals surface area contributed by atoms with Crippen LogP contribution in [0.1, 0.15) is 65.0 Å². The smallest absolute Gasteiger partial charge is 0.199 e. The van der Waals surface area contributed by atoms with Crippen molar-refractivity contribution in [1.29, 1.82) is 0 Å². The van der Waals surface area contributed by atoms with Crippen LogP contribution in [0, 0.1) is 0 Å². The average Bonchev–Trinajstić information content (AvgIpc) is 2.60. The predicted octanol–water partition coefficient (Wildman–Crippen LogP) is 4.09. The molecule has 0 saturated heterocycles. The molecular weight excluding hydrogens is 186 g/mol. The van der Waals surface area contributed by atoms with Crippen LogP contribution >= 0.6 is 0 Å². The maximum atomic E-state index is 5.72. The molecule has 0 N–H and O–H groups in total. The fourth-order valence-electron chi connectivity index (χ4n) is 1.50. The van der Waals surface area contributed by atoms with Crippen molar-refractivity contribution in [2.24, 2.45) is 0 Å². The van der Waals surface area contributed by atoms with Crippen LogP contribution in [-0.2, 0) is 11.8 Å². The first-order chi connectivity index (χ1) is 7.04. The number of aryl methyl sites for hydroxylation is 1. The summed E-state index contributed by atoms with van der Waals surface area (Å²) in [6.07, 6.45) is 8.02. The van der Waals surface area contributed by atoms with Gasteiger partial charge in [-0.3, -0.25) is 0 Å². The number of oxazole rings is 1. The second-order valence-electron chi connectivity index (χ2n) is 5.19. The van der Waals surface area contributed by atoms with Gasteiger partial charge in [-0.15, -0.1) is 0 Å². The number of hydrogen-bond donors (Lipinski definition) is 0. The first-order valence-corrected chi connectivity index (χ1v) is 5.99. The van der Waals surface area contributed by atoms with Crippen LogP contribution in [-0.4, -0.2) is 4.98 Å². The topological polar surface area (TPSA) is 26.0 Å². The molecular formula is C13H23NO. The van der Waals surface area contributed by atoms with E-state index >= 15 is 0 Å². The highest BCUT2D eigenvalue weighted by Gasteiger charge is 2.19. The minimum atomic E-state index is 0.0294. The van der Waals surface area contributed by atoms with E-state index in [9.17, 15) is 0 Å². The molecule has 1 rings (SSSR count). The number of hydrogen-bond acceptors (Lipinski definition) is 2. The molecule has 1 heterocycles. The molecule has 0 atom stereocenters. The van der Waals surface area contributed by atoms with Gasteiger partial charge >= 0.3 is 0 Å². The molecule has 1 aromatic heterocycles. The standard InChI is InChI=1S/C13H23NO/c1-5-6-7-8-9-11-10-14-12(15-11)13(2,3)4/h10H,5-9H2,1-4H3. The molecule has 0 aliphatic heterocycles. The van der Waals surface area contributed by atoms with Gasteiger partial charge < -0.3 is 4.42 Å². The summed E-state index contributed by atoms with van der Waals surface area (Å²) in [5.41, 5.74) is 0.0294. The Morgan fingerprint density at radius 2 is 1.93 bits per heavy atom. The van der Waals surface area contributed by atoms with E-state index in [1.807, 2.05) is 6.20 Å². The van der Waals surface area contributed by atoms with Crippen LogP contribution in [0.25, 0.3) is 0 Å². The number of unbranched alkanes of at least 4 members (excludes halogenated alkanes) is 3. The predicted molar refractivity (Wildman–Crippen MR) is 63.0 cm³/mol. The molecule has 0 amide bonds. The molecule has 0 saturated carbocycles. The van der Waals surface area contributed by atoms with Crippen molar-refractivity contribution in [1.82, 2.24) is 4.98 Å². The molecule has 0 aliphatic rings. The summed E-state index contributed by atoms with van der Waals surface area (Å²) in [6, 6.07) is 0. The van der Waals surface area contributed by atoms with Gasteiger partial charge in [0.2, 0.25) is 0 Å². The van der Waals surface area contributed by atoms with E-state index in [1.165, 1.54) is 25.7 Å². The van der Waals surface area contributed by atoms with Gasteiger partial charge in [-0.25, -0.2) is 4.98 Å². The maximum absolute atomic E-state index is 5.72. The van der Waals surface area contributed by atoms with E-state index in [4.69, 9.17) is 4.42 Å². The zero-order chi connectivity index (χ0) is 11.3. The van der Waals surface area contributed by atoms with Crippen molar-refractivity contribution >= 4 is 0 Å². The molecule has 86 valence electrons. The van der Waals surface area contributed by atoms with E-state index in [-0.39, 0.29) is 5.41 Å². The highest BCUT2D eigenvalue weighted by atomic mass is 16.4. The van der Waals surface area contributed by atoms with Gasteiger partial charge in [-0.2, -0.15) is 0 Å². The molecule has 0 bridgehead atoms. The molecule has 0 aliphatic carbocycles. The lowest BCUT2D eigenvalue weighted by Gasteiger charge is -2.12. The minimum Gasteiger partial charge on any atom is -0.445 e. The van der Waals surface area contributed by atoms with Gasteiger partial charge in [0.05, 0.1) is 6.20 Å². The van der Waals surface area contributed by atoms with Crippen LogP contribution in [0.4, 0.5) is 0 Å². The lowest BCUT2D eigenvalue weighted by Crippen LogP contribution is -2.10. The Kier molecular flexibility index (Phi) is 4.37. The molecule has 2 nitrogen and oxygen atoms in total. The van der Waals surface area contributed by atoms with E-state index in [0.717, 1.165) is 18.1 Å². The van der Waals surface area contributed by atoms with E-state index < -0.39 is 0 Å². The van der Waals surface area contributed by atoms with E-state index in [2.05, 4.69) is 32.7 Å².